The Morgan fingerprint density at radius 3 is 2.74 bits per heavy atom. The van der Waals surface area contributed by atoms with Gasteiger partial charge in [0.15, 0.2) is 6.39 Å². The Morgan fingerprint density at radius 1 is 1.42 bits per heavy atom. The van der Waals surface area contributed by atoms with Crippen LogP contribution >= 0.6 is 0 Å². The fourth-order valence-electron chi connectivity index (χ4n) is 1.41. The number of rotatable bonds is 2. The van der Waals surface area contributed by atoms with Gasteiger partial charge >= 0.3 is 6.18 Å². The van der Waals surface area contributed by atoms with Gasteiger partial charge < -0.3 is 4.42 Å². The van der Waals surface area contributed by atoms with Crippen molar-refractivity contribution in [3.05, 3.63) is 41.7 Å². The largest absolute Gasteiger partial charge is 0.427 e. The molecule has 0 atom stereocenters. The van der Waals surface area contributed by atoms with Gasteiger partial charge in [0.25, 0.3) is 5.91 Å². The Bertz CT molecular complexity index is 607. The van der Waals surface area contributed by atoms with Crippen molar-refractivity contribution < 1.29 is 22.4 Å². The number of carbonyl (C=O) groups excluding carboxylic acids is 1. The van der Waals surface area contributed by atoms with Crippen LogP contribution in [0.3, 0.4) is 0 Å². The fraction of sp³-hybridized carbons (Fsp3) is 0.182. The highest BCUT2D eigenvalue weighted by atomic mass is 19.4. The summed E-state index contributed by atoms with van der Waals surface area (Å²) < 4.78 is 43.0. The summed E-state index contributed by atoms with van der Waals surface area (Å²) >= 11 is 0. The first-order valence-electron chi connectivity index (χ1n) is 5.12. The topological polar surface area (TPSA) is 68.0 Å². The summed E-state index contributed by atoms with van der Waals surface area (Å²) in [7, 11) is 0. The average molecular weight is 271 g/mol. The summed E-state index contributed by atoms with van der Waals surface area (Å²) in [5.41, 5.74) is -1.27. The van der Waals surface area contributed by atoms with Gasteiger partial charge in [-0.15, -0.1) is 0 Å². The first-order chi connectivity index (χ1) is 8.89. The molecule has 0 aliphatic carbocycles. The van der Waals surface area contributed by atoms with Crippen LogP contribution in [-0.4, -0.2) is 15.9 Å². The molecule has 5 nitrogen and oxygen atoms in total. The first-order valence-corrected chi connectivity index (χ1v) is 5.12. The predicted octanol–water partition coefficient (Wildman–Crippen LogP) is 2.65. The quantitative estimate of drug-likeness (QED) is 0.911. The highest BCUT2D eigenvalue weighted by Gasteiger charge is 2.35. The number of aromatic nitrogens is 2. The molecular weight excluding hydrogens is 263 g/mol. The molecule has 0 saturated carbocycles. The minimum atomic E-state index is -4.63. The standard InChI is InChI=1S/C11H8F3N3O2/c1-6-10(19-5-16-6)17-9(18)7-4-15-3-2-8(7)11(12,13)14/h2-5H,1H3,(H,17,18). The second kappa shape index (κ2) is 4.71. The van der Waals surface area contributed by atoms with Gasteiger partial charge in [-0.05, 0) is 13.0 Å². The third-order valence-electron chi connectivity index (χ3n) is 2.34. The number of hydrogen-bond donors (Lipinski definition) is 1. The summed E-state index contributed by atoms with van der Waals surface area (Å²) in [6.45, 7) is 1.55. The molecule has 0 spiro atoms. The minimum Gasteiger partial charge on any atom is -0.427 e. The van der Waals surface area contributed by atoms with E-state index in [0.29, 0.717) is 5.69 Å². The molecule has 0 fully saturated rings. The molecule has 0 bridgehead atoms. The van der Waals surface area contributed by atoms with Crippen LogP contribution < -0.4 is 5.32 Å². The first kappa shape index (κ1) is 13.1. The highest BCUT2D eigenvalue weighted by molar-refractivity contribution is 6.04. The van der Waals surface area contributed by atoms with E-state index in [2.05, 4.69) is 15.3 Å². The molecule has 0 saturated heterocycles. The zero-order valence-electron chi connectivity index (χ0n) is 9.65. The maximum Gasteiger partial charge on any atom is 0.417 e. The van der Waals surface area contributed by atoms with Crippen molar-refractivity contribution in [3.63, 3.8) is 0 Å². The SMILES string of the molecule is Cc1ncoc1NC(=O)c1cnccc1C(F)(F)F. The van der Waals surface area contributed by atoms with E-state index >= 15 is 0 Å². The molecule has 0 aliphatic heterocycles. The lowest BCUT2D eigenvalue weighted by atomic mass is 10.1. The molecule has 2 aromatic rings. The lowest BCUT2D eigenvalue weighted by Gasteiger charge is -2.11. The maximum absolute atomic E-state index is 12.7. The number of nitrogens with one attached hydrogen (secondary N) is 1. The van der Waals surface area contributed by atoms with Crippen molar-refractivity contribution in [1.29, 1.82) is 0 Å². The van der Waals surface area contributed by atoms with E-state index in [1.807, 2.05) is 0 Å². The van der Waals surface area contributed by atoms with E-state index in [0.717, 1.165) is 24.9 Å². The molecule has 1 N–H and O–H groups in total. The lowest BCUT2D eigenvalue weighted by Crippen LogP contribution is -2.19. The number of alkyl halides is 3. The zero-order chi connectivity index (χ0) is 14.0. The monoisotopic (exact) mass is 271 g/mol. The number of pyridine rings is 1. The number of halogens is 3. The van der Waals surface area contributed by atoms with Crippen LogP contribution in [0.4, 0.5) is 19.1 Å². The molecule has 2 heterocycles. The Kier molecular flexibility index (Phi) is 3.24. The average Bonchev–Trinajstić information content (AvgIpc) is 2.74. The fourth-order valence-corrected chi connectivity index (χ4v) is 1.41. The number of nitrogens with zero attached hydrogens (tertiary/aromatic N) is 2. The highest BCUT2D eigenvalue weighted by Crippen LogP contribution is 2.31. The molecule has 0 aromatic carbocycles. The van der Waals surface area contributed by atoms with Crippen LogP contribution in [-0.2, 0) is 6.18 Å². The second-order valence-electron chi connectivity index (χ2n) is 3.64. The van der Waals surface area contributed by atoms with E-state index in [1.165, 1.54) is 0 Å². The van der Waals surface area contributed by atoms with Gasteiger partial charge in [-0.1, -0.05) is 0 Å². The molecule has 100 valence electrons. The van der Waals surface area contributed by atoms with Crippen molar-refractivity contribution >= 4 is 11.8 Å². The maximum atomic E-state index is 12.7. The molecular formula is C11H8F3N3O2. The van der Waals surface area contributed by atoms with Crippen molar-refractivity contribution in [2.24, 2.45) is 0 Å². The van der Waals surface area contributed by atoms with Gasteiger partial charge in [-0.25, -0.2) is 4.98 Å². The van der Waals surface area contributed by atoms with Crippen LogP contribution in [0.25, 0.3) is 0 Å². The Hall–Kier alpha value is -2.38. The molecule has 1 amide bonds. The normalized spacial score (nSPS) is 11.4. The summed E-state index contributed by atoms with van der Waals surface area (Å²) in [4.78, 5) is 19.0. The van der Waals surface area contributed by atoms with E-state index < -0.39 is 23.2 Å². The van der Waals surface area contributed by atoms with Gasteiger partial charge in [0.1, 0.15) is 5.69 Å². The minimum absolute atomic E-state index is 0.00183. The van der Waals surface area contributed by atoms with E-state index in [9.17, 15) is 18.0 Å². The molecule has 2 rings (SSSR count). The van der Waals surface area contributed by atoms with Crippen LogP contribution in [0.2, 0.25) is 0 Å². The second-order valence-corrected chi connectivity index (χ2v) is 3.64. The Labute approximate surface area is 105 Å². The van der Waals surface area contributed by atoms with Crippen molar-refractivity contribution in [2.45, 2.75) is 13.1 Å². The summed E-state index contributed by atoms with van der Waals surface area (Å²) in [5, 5.41) is 2.21. The van der Waals surface area contributed by atoms with Crippen LogP contribution in [0.5, 0.6) is 0 Å². The molecule has 2 aromatic heterocycles. The summed E-state index contributed by atoms with van der Waals surface area (Å²) in [6.07, 6.45) is -1.73. The van der Waals surface area contributed by atoms with E-state index in [-0.39, 0.29) is 5.88 Å². The molecule has 0 unspecified atom stereocenters. The number of anilines is 1. The third-order valence-corrected chi connectivity index (χ3v) is 2.34. The predicted molar refractivity (Wildman–Crippen MR) is 58.4 cm³/mol. The van der Waals surface area contributed by atoms with Crippen molar-refractivity contribution in [1.82, 2.24) is 9.97 Å². The van der Waals surface area contributed by atoms with E-state index in [4.69, 9.17) is 4.42 Å². The van der Waals surface area contributed by atoms with Crippen LogP contribution in [0.1, 0.15) is 21.6 Å². The molecule has 19 heavy (non-hydrogen) atoms. The number of oxazole rings is 1. The molecule has 0 aliphatic rings. The van der Waals surface area contributed by atoms with Crippen LogP contribution in [0.15, 0.2) is 29.3 Å². The van der Waals surface area contributed by atoms with Gasteiger partial charge in [-0.2, -0.15) is 13.2 Å². The number of amides is 1. The van der Waals surface area contributed by atoms with Crippen LogP contribution in [0, 0.1) is 6.92 Å². The lowest BCUT2D eigenvalue weighted by molar-refractivity contribution is -0.138. The number of aryl methyl sites for hydroxylation is 1. The summed E-state index contributed by atoms with van der Waals surface area (Å²) in [5.74, 6) is -0.956. The van der Waals surface area contributed by atoms with Gasteiger partial charge in [0.05, 0.1) is 11.1 Å². The van der Waals surface area contributed by atoms with Crippen molar-refractivity contribution in [2.75, 3.05) is 5.32 Å². The zero-order valence-corrected chi connectivity index (χ0v) is 9.65. The van der Waals surface area contributed by atoms with E-state index in [1.54, 1.807) is 6.92 Å². The van der Waals surface area contributed by atoms with Gasteiger partial charge in [0.2, 0.25) is 5.88 Å². The summed E-state index contributed by atoms with van der Waals surface area (Å²) in [6, 6.07) is 0.738. The Balaban J connectivity index is 2.32. The van der Waals surface area contributed by atoms with Crippen molar-refractivity contribution in [3.8, 4) is 0 Å². The Morgan fingerprint density at radius 2 is 2.16 bits per heavy atom. The number of carbonyl (C=O) groups is 1. The smallest absolute Gasteiger partial charge is 0.417 e. The molecule has 8 heteroatoms. The number of hydrogen-bond acceptors (Lipinski definition) is 4. The van der Waals surface area contributed by atoms with Gasteiger partial charge in [-0.3, -0.25) is 15.1 Å². The molecule has 0 radical (unpaired) electrons. The van der Waals surface area contributed by atoms with Gasteiger partial charge in [0, 0.05) is 12.4 Å². The third kappa shape index (κ3) is 2.72.